The van der Waals surface area contributed by atoms with Crippen molar-refractivity contribution < 1.29 is 4.74 Å². The van der Waals surface area contributed by atoms with E-state index in [1.54, 1.807) is 0 Å². The molecule has 4 nitrogen and oxygen atoms in total. The van der Waals surface area contributed by atoms with Gasteiger partial charge in [-0.2, -0.15) is 4.98 Å². The van der Waals surface area contributed by atoms with E-state index in [-0.39, 0.29) is 5.60 Å². The third-order valence-corrected chi connectivity index (χ3v) is 1.73. The second-order valence-corrected chi connectivity index (χ2v) is 4.33. The number of ether oxygens (including phenoxy) is 1. The summed E-state index contributed by atoms with van der Waals surface area (Å²) in [6.45, 7) is 8.02. The number of nitrogens with zero attached hydrogens (tertiary/aromatic N) is 2. The minimum Gasteiger partial charge on any atom is -0.472 e. The lowest BCUT2D eigenvalue weighted by atomic mass is 10.2. The lowest BCUT2D eigenvalue weighted by molar-refractivity contribution is 0.123. The van der Waals surface area contributed by atoms with Crippen LogP contribution in [-0.2, 0) is 6.42 Å². The summed E-state index contributed by atoms with van der Waals surface area (Å²) in [5.74, 6) is 2.21. The fraction of sp³-hybridized carbons (Fsp3) is 0.636. The smallest absolute Gasteiger partial charge is 0.219 e. The van der Waals surface area contributed by atoms with Crippen molar-refractivity contribution in [3.05, 3.63) is 11.9 Å². The number of nitrogens with one attached hydrogen (secondary N) is 1. The molecule has 1 aromatic heterocycles. The van der Waals surface area contributed by atoms with Crippen LogP contribution in [0.4, 0.5) is 5.82 Å². The molecule has 0 bridgehead atoms. The molecule has 0 aliphatic carbocycles. The average molecular weight is 209 g/mol. The summed E-state index contributed by atoms with van der Waals surface area (Å²) in [5.41, 5.74) is -0.232. The maximum Gasteiger partial charge on any atom is 0.219 e. The minimum atomic E-state index is -0.232. The Labute approximate surface area is 91.1 Å². The summed E-state index contributed by atoms with van der Waals surface area (Å²) in [6.07, 6.45) is 0.802. The quantitative estimate of drug-likeness (QED) is 0.829. The van der Waals surface area contributed by atoms with E-state index in [2.05, 4.69) is 15.3 Å². The number of hydrogen-bond donors (Lipinski definition) is 1. The van der Waals surface area contributed by atoms with Gasteiger partial charge in [-0.15, -0.1) is 0 Å². The number of aryl methyl sites for hydroxylation is 1. The Balaban J connectivity index is 2.97. The van der Waals surface area contributed by atoms with Crippen LogP contribution in [0.15, 0.2) is 6.07 Å². The molecule has 4 heteroatoms. The predicted molar refractivity (Wildman–Crippen MR) is 61.3 cm³/mol. The van der Waals surface area contributed by atoms with Crippen molar-refractivity contribution in [1.82, 2.24) is 9.97 Å². The molecule has 0 aliphatic rings. The van der Waals surface area contributed by atoms with E-state index >= 15 is 0 Å². The Kier molecular flexibility index (Phi) is 3.50. The molecule has 0 spiro atoms. The highest BCUT2D eigenvalue weighted by molar-refractivity contribution is 5.37. The maximum atomic E-state index is 5.70. The van der Waals surface area contributed by atoms with Crippen LogP contribution in [0.5, 0.6) is 5.88 Å². The van der Waals surface area contributed by atoms with Gasteiger partial charge in [0.15, 0.2) is 0 Å². The molecule has 0 saturated heterocycles. The van der Waals surface area contributed by atoms with Crippen molar-refractivity contribution in [2.75, 3.05) is 12.4 Å². The maximum absolute atomic E-state index is 5.70. The first-order chi connectivity index (χ1) is 6.94. The number of rotatable bonds is 3. The third-order valence-electron chi connectivity index (χ3n) is 1.73. The van der Waals surface area contributed by atoms with E-state index in [1.165, 1.54) is 0 Å². The highest BCUT2D eigenvalue weighted by atomic mass is 16.5. The van der Waals surface area contributed by atoms with Crippen molar-refractivity contribution >= 4 is 5.82 Å². The standard InChI is InChI=1S/C11H19N3O/c1-6-8-13-9(12-5)7-10(14-8)15-11(2,3)4/h7H,6H2,1-5H3,(H,12,13,14). The minimum absolute atomic E-state index is 0.232. The second kappa shape index (κ2) is 4.47. The van der Waals surface area contributed by atoms with Crippen LogP contribution in [-0.4, -0.2) is 22.6 Å². The van der Waals surface area contributed by atoms with Gasteiger partial charge in [-0.05, 0) is 20.8 Å². The molecule has 84 valence electrons. The molecule has 0 atom stereocenters. The first kappa shape index (κ1) is 11.8. The van der Waals surface area contributed by atoms with Crippen LogP contribution in [0.1, 0.15) is 33.5 Å². The lowest BCUT2D eigenvalue weighted by Crippen LogP contribution is -2.24. The van der Waals surface area contributed by atoms with Crippen molar-refractivity contribution in [2.45, 2.75) is 39.7 Å². The number of aromatic nitrogens is 2. The zero-order valence-corrected chi connectivity index (χ0v) is 10.1. The van der Waals surface area contributed by atoms with Crippen LogP contribution < -0.4 is 10.1 Å². The van der Waals surface area contributed by atoms with E-state index in [1.807, 2.05) is 40.8 Å². The van der Waals surface area contributed by atoms with Crippen LogP contribution in [0.2, 0.25) is 0 Å². The Morgan fingerprint density at radius 2 is 2.00 bits per heavy atom. The highest BCUT2D eigenvalue weighted by Gasteiger charge is 2.14. The zero-order valence-electron chi connectivity index (χ0n) is 10.1. The van der Waals surface area contributed by atoms with Crippen molar-refractivity contribution in [3.63, 3.8) is 0 Å². The van der Waals surface area contributed by atoms with Gasteiger partial charge >= 0.3 is 0 Å². The van der Waals surface area contributed by atoms with E-state index in [0.29, 0.717) is 5.88 Å². The molecule has 0 amide bonds. The number of anilines is 1. The summed E-state index contributed by atoms with van der Waals surface area (Å²) in [5, 5.41) is 3.00. The van der Waals surface area contributed by atoms with E-state index < -0.39 is 0 Å². The first-order valence-corrected chi connectivity index (χ1v) is 5.19. The fourth-order valence-electron chi connectivity index (χ4n) is 1.12. The van der Waals surface area contributed by atoms with Crippen LogP contribution in [0, 0.1) is 0 Å². The molecule has 0 fully saturated rings. The van der Waals surface area contributed by atoms with Crippen molar-refractivity contribution in [1.29, 1.82) is 0 Å². The summed E-state index contributed by atoms with van der Waals surface area (Å²) < 4.78 is 5.70. The monoisotopic (exact) mass is 209 g/mol. The molecule has 1 rings (SSSR count). The van der Waals surface area contributed by atoms with Gasteiger partial charge in [0.05, 0.1) is 0 Å². The van der Waals surface area contributed by atoms with Crippen LogP contribution >= 0.6 is 0 Å². The Bertz CT molecular complexity index is 309. The topological polar surface area (TPSA) is 47.0 Å². The summed E-state index contributed by atoms with van der Waals surface area (Å²) >= 11 is 0. The molecule has 15 heavy (non-hydrogen) atoms. The molecule has 0 unspecified atom stereocenters. The fourth-order valence-corrected chi connectivity index (χ4v) is 1.12. The second-order valence-electron chi connectivity index (χ2n) is 4.33. The summed E-state index contributed by atoms with van der Waals surface area (Å²) in [4.78, 5) is 8.61. The number of hydrogen-bond acceptors (Lipinski definition) is 4. The van der Waals surface area contributed by atoms with Crippen LogP contribution in [0.25, 0.3) is 0 Å². The molecule has 1 N–H and O–H groups in total. The van der Waals surface area contributed by atoms with Gasteiger partial charge < -0.3 is 10.1 Å². The molecule has 1 heterocycles. The third kappa shape index (κ3) is 3.73. The van der Waals surface area contributed by atoms with E-state index in [0.717, 1.165) is 18.1 Å². The van der Waals surface area contributed by atoms with Gasteiger partial charge in [-0.3, -0.25) is 0 Å². The first-order valence-electron chi connectivity index (χ1n) is 5.19. The Morgan fingerprint density at radius 3 is 2.47 bits per heavy atom. The van der Waals surface area contributed by atoms with E-state index in [4.69, 9.17) is 4.74 Å². The highest BCUT2D eigenvalue weighted by Crippen LogP contribution is 2.18. The van der Waals surface area contributed by atoms with Crippen LogP contribution in [0.3, 0.4) is 0 Å². The van der Waals surface area contributed by atoms with Gasteiger partial charge in [0, 0.05) is 19.5 Å². The van der Waals surface area contributed by atoms with Gasteiger partial charge in [0.2, 0.25) is 5.88 Å². The van der Waals surface area contributed by atoms with Gasteiger partial charge in [0.25, 0.3) is 0 Å². The van der Waals surface area contributed by atoms with Crippen molar-refractivity contribution in [2.24, 2.45) is 0 Å². The molecule has 1 aromatic rings. The molecule has 0 radical (unpaired) electrons. The normalized spacial score (nSPS) is 11.3. The van der Waals surface area contributed by atoms with E-state index in [9.17, 15) is 0 Å². The molecule has 0 aromatic carbocycles. The Morgan fingerprint density at radius 1 is 1.33 bits per heavy atom. The Hall–Kier alpha value is -1.32. The van der Waals surface area contributed by atoms with Gasteiger partial charge in [-0.25, -0.2) is 4.98 Å². The van der Waals surface area contributed by atoms with Gasteiger partial charge in [0.1, 0.15) is 17.2 Å². The molecule has 0 aliphatic heterocycles. The van der Waals surface area contributed by atoms with Crippen molar-refractivity contribution in [3.8, 4) is 5.88 Å². The zero-order chi connectivity index (χ0) is 11.5. The summed E-state index contributed by atoms with van der Waals surface area (Å²) in [6, 6.07) is 1.81. The molecular weight excluding hydrogens is 190 g/mol. The largest absolute Gasteiger partial charge is 0.472 e. The predicted octanol–water partition coefficient (Wildman–Crippen LogP) is 2.26. The summed E-state index contributed by atoms with van der Waals surface area (Å²) in [7, 11) is 1.84. The molecule has 0 saturated carbocycles. The molecular formula is C11H19N3O. The van der Waals surface area contributed by atoms with Gasteiger partial charge in [-0.1, -0.05) is 6.92 Å². The lowest BCUT2D eigenvalue weighted by Gasteiger charge is -2.20. The SMILES string of the molecule is CCc1nc(NC)cc(OC(C)(C)C)n1. The average Bonchev–Trinajstić information content (AvgIpc) is 2.14.